The second-order valence-corrected chi connectivity index (χ2v) is 11.7. The van der Waals surface area contributed by atoms with Gasteiger partial charge < -0.3 is 24.2 Å². The van der Waals surface area contributed by atoms with Crippen LogP contribution in [0.3, 0.4) is 0 Å². The molecule has 0 radical (unpaired) electrons. The first-order valence-corrected chi connectivity index (χ1v) is 15.0. The van der Waals surface area contributed by atoms with Crippen molar-refractivity contribution in [3.8, 4) is 5.75 Å². The Hall–Kier alpha value is -3.36. The zero-order valence-electron chi connectivity index (χ0n) is 23.6. The third-order valence-electron chi connectivity index (χ3n) is 8.62. The van der Waals surface area contributed by atoms with E-state index in [1.807, 2.05) is 52.3 Å². The van der Waals surface area contributed by atoms with Crippen LogP contribution < -0.4 is 9.64 Å². The lowest BCUT2D eigenvalue weighted by Gasteiger charge is -2.33. The van der Waals surface area contributed by atoms with Crippen LogP contribution in [0.1, 0.15) is 43.2 Å². The Morgan fingerprint density at radius 1 is 1.10 bits per heavy atom. The molecule has 2 aliphatic heterocycles. The minimum Gasteiger partial charge on any atom is -0.497 e. The summed E-state index contributed by atoms with van der Waals surface area (Å²) < 4.78 is 11.1. The van der Waals surface area contributed by atoms with Gasteiger partial charge >= 0.3 is 0 Å². The third-order valence-corrected chi connectivity index (χ3v) is 8.88. The molecule has 3 aromatic rings. The largest absolute Gasteiger partial charge is 0.497 e. The first-order valence-electron chi connectivity index (χ1n) is 14.6. The highest BCUT2D eigenvalue weighted by Gasteiger charge is 2.53. The molecule has 6 rings (SSSR count). The molecule has 0 spiro atoms. The van der Waals surface area contributed by atoms with Gasteiger partial charge in [-0.2, -0.15) is 0 Å². The van der Waals surface area contributed by atoms with Gasteiger partial charge in [0.15, 0.2) is 0 Å². The molecule has 3 aliphatic rings. The number of carbonyl (C=O) groups excluding carboxylic acids is 2. The lowest BCUT2D eigenvalue weighted by molar-refractivity contribution is -0.134. The minimum atomic E-state index is -0.523. The van der Waals surface area contributed by atoms with E-state index in [9.17, 15) is 9.59 Å². The van der Waals surface area contributed by atoms with Crippen LogP contribution in [0.4, 0.5) is 5.82 Å². The van der Waals surface area contributed by atoms with Crippen LogP contribution in [0, 0.1) is 0 Å². The number of methoxy groups -OCH3 is 1. The van der Waals surface area contributed by atoms with Crippen LogP contribution in [0.2, 0.25) is 5.02 Å². The van der Waals surface area contributed by atoms with Crippen LogP contribution >= 0.6 is 11.6 Å². The molecule has 41 heavy (non-hydrogen) atoms. The zero-order valence-corrected chi connectivity index (χ0v) is 24.4. The number of pyridine rings is 1. The number of halogens is 1. The molecule has 8 nitrogen and oxygen atoms in total. The second kappa shape index (κ2) is 11.9. The van der Waals surface area contributed by atoms with Crippen LogP contribution in [-0.2, 0) is 26.3 Å². The number of carbonyl (C=O) groups is 2. The van der Waals surface area contributed by atoms with Gasteiger partial charge in [-0.05, 0) is 61.6 Å². The summed E-state index contributed by atoms with van der Waals surface area (Å²) in [6.45, 7) is 5.27. The van der Waals surface area contributed by atoms with Gasteiger partial charge in [0.05, 0.1) is 31.3 Å². The van der Waals surface area contributed by atoms with Gasteiger partial charge in [0.2, 0.25) is 11.8 Å². The molecule has 216 valence electrons. The van der Waals surface area contributed by atoms with Crippen molar-refractivity contribution in [2.75, 3.05) is 57.9 Å². The number of hydrogen-bond donors (Lipinski definition) is 0. The van der Waals surface area contributed by atoms with E-state index in [-0.39, 0.29) is 11.8 Å². The van der Waals surface area contributed by atoms with Crippen LogP contribution in [0.15, 0.2) is 48.5 Å². The number of anilines is 1. The topological polar surface area (TPSA) is 75.2 Å². The molecular weight excluding hydrogens is 540 g/mol. The number of benzene rings is 2. The average molecular weight is 577 g/mol. The highest BCUT2D eigenvalue weighted by Crippen LogP contribution is 2.50. The van der Waals surface area contributed by atoms with E-state index in [0.29, 0.717) is 44.3 Å². The molecule has 1 saturated carbocycles. The fraction of sp³-hybridized carbons (Fsp3) is 0.469. The van der Waals surface area contributed by atoms with Crippen molar-refractivity contribution in [1.29, 1.82) is 0 Å². The number of fused-ring (bicyclic) bond motifs is 1. The fourth-order valence-electron chi connectivity index (χ4n) is 6.15. The van der Waals surface area contributed by atoms with E-state index in [0.717, 1.165) is 78.9 Å². The molecule has 3 heterocycles. The Morgan fingerprint density at radius 3 is 2.56 bits per heavy atom. The number of amides is 2. The van der Waals surface area contributed by atoms with Gasteiger partial charge in [-0.25, -0.2) is 4.98 Å². The van der Waals surface area contributed by atoms with Gasteiger partial charge in [-0.3, -0.25) is 9.59 Å². The number of rotatable bonds is 10. The average Bonchev–Trinajstić information content (AvgIpc) is 3.71. The van der Waals surface area contributed by atoms with Crippen molar-refractivity contribution in [2.24, 2.45) is 0 Å². The van der Waals surface area contributed by atoms with Gasteiger partial charge in [-0.15, -0.1) is 0 Å². The van der Waals surface area contributed by atoms with E-state index in [1.165, 1.54) is 0 Å². The molecule has 9 heteroatoms. The molecule has 2 saturated heterocycles. The summed E-state index contributed by atoms with van der Waals surface area (Å²) in [6, 6.07) is 15.8. The van der Waals surface area contributed by atoms with E-state index < -0.39 is 5.41 Å². The smallest absolute Gasteiger partial charge is 0.233 e. The second-order valence-electron chi connectivity index (χ2n) is 11.3. The van der Waals surface area contributed by atoms with E-state index >= 15 is 0 Å². The Bertz CT molecular complexity index is 1420. The maximum Gasteiger partial charge on any atom is 0.233 e. The molecule has 0 N–H and O–H groups in total. The van der Waals surface area contributed by atoms with Crippen LogP contribution in [-0.4, -0.2) is 79.6 Å². The van der Waals surface area contributed by atoms with Crippen molar-refractivity contribution in [2.45, 2.75) is 44.1 Å². The summed E-state index contributed by atoms with van der Waals surface area (Å²) in [7, 11) is 1.66. The summed E-state index contributed by atoms with van der Waals surface area (Å²) in [5.74, 6) is 2.00. The minimum absolute atomic E-state index is 0.135. The first kappa shape index (κ1) is 27.8. The Morgan fingerprint density at radius 2 is 1.88 bits per heavy atom. The van der Waals surface area contributed by atoms with Crippen molar-refractivity contribution in [1.82, 2.24) is 14.8 Å². The molecule has 1 aliphatic carbocycles. The highest BCUT2D eigenvalue weighted by atomic mass is 35.5. The van der Waals surface area contributed by atoms with Gasteiger partial charge in [0, 0.05) is 67.7 Å². The summed E-state index contributed by atoms with van der Waals surface area (Å²) >= 11 is 6.18. The van der Waals surface area contributed by atoms with Crippen LogP contribution in [0.25, 0.3) is 10.9 Å². The molecule has 3 fully saturated rings. The van der Waals surface area contributed by atoms with Crippen molar-refractivity contribution >= 4 is 40.1 Å². The maximum atomic E-state index is 14.4. The third kappa shape index (κ3) is 5.86. The van der Waals surface area contributed by atoms with E-state index in [1.54, 1.807) is 7.11 Å². The van der Waals surface area contributed by atoms with Gasteiger partial charge in [0.25, 0.3) is 0 Å². The van der Waals surface area contributed by atoms with Gasteiger partial charge in [0.1, 0.15) is 11.6 Å². The Labute approximate surface area is 246 Å². The Balaban J connectivity index is 1.33. The normalized spacial score (nSPS) is 18.1. The highest BCUT2D eigenvalue weighted by molar-refractivity contribution is 6.30. The number of nitrogens with zero attached hydrogens (tertiary/aromatic N) is 4. The predicted octanol–water partition coefficient (Wildman–Crippen LogP) is 4.81. The van der Waals surface area contributed by atoms with Crippen molar-refractivity contribution < 1.29 is 19.1 Å². The zero-order chi connectivity index (χ0) is 28.4. The van der Waals surface area contributed by atoms with Crippen molar-refractivity contribution in [3.05, 3.63) is 64.7 Å². The predicted molar refractivity (Wildman–Crippen MR) is 160 cm³/mol. The molecule has 2 aromatic carbocycles. The molecular formula is C32H37ClN4O4. The standard InChI is InChI=1S/C32H37ClN4O4/c1-40-27-10-5-23-20-24(30(34-28(23)21-27)36-16-18-41-19-17-36)22-37(15-3-14-35-13-2-4-29(35)38)31(39)32(11-12-32)25-6-8-26(33)9-7-25/h5-10,20-21H,2-4,11-19,22H2,1H3. The van der Waals surface area contributed by atoms with Crippen LogP contribution in [0.5, 0.6) is 5.75 Å². The summed E-state index contributed by atoms with van der Waals surface area (Å²) in [4.78, 5) is 37.9. The fourth-order valence-corrected chi connectivity index (χ4v) is 6.27. The number of morpholine rings is 1. The molecule has 0 unspecified atom stereocenters. The Kier molecular flexibility index (Phi) is 8.04. The summed E-state index contributed by atoms with van der Waals surface area (Å²) in [6.07, 6.45) is 3.91. The number of likely N-dealkylation sites (tertiary alicyclic amines) is 1. The first-order chi connectivity index (χ1) is 20.0. The molecule has 2 amide bonds. The maximum absolute atomic E-state index is 14.4. The molecule has 1 aromatic heterocycles. The summed E-state index contributed by atoms with van der Waals surface area (Å²) in [5, 5.41) is 1.67. The van der Waals surface area contributed by atoms with Gasteiger partial charge in [-0.1, -0.05) is 23.7 Å². The lowest BCUT2D eigenvalue weighted by Crippen LogP contribution is -2.42. The SMILES string of the molecule is COc1ccc2cc(CN(CCCN3CCCC3=O)C(=O)C3(c4ccc(Cl)cc4)CC3)c(N3CCOCC3)nc2c1. The molecule has 0 atom stereocenters. The van der Waals surface area contributed by atoms with Crippen molar-refractivity contribution in [3.63, 3.8) is 0 Å². The lowest BCUT2D eigenvalue weighted by atomic mass is 9.94. The van der Waals surface area contributed by atoms with E-state index in [4.69, 9.17) is 26.1 Å². The number of ether oxygens (including phenoxy) is 2. The quantitative estimate of drug-likeness (QED) is 0.345. The summed E-state index contributed by atoms with van der Waals surface area (Å²) in [5.41, 5.74) is 2.37. The number of aromatic nitrogens is 1. The molecule has 0 bridgehead atoms. The monoisotopic (exact) mass is 576 g/mol. The number of hydrogen-bond acceptors (Lipinski definition) is 6. The van der Waals surface area contributed by atoms with E-state index in [2.05, 4.69) is 11.0 Å².